The average Bonchev–Trinajstić information content (AvgIpc) is 4.28. The molecule has 0 spiro atoms. The van der Waals surface area contributed by atoms with Gasteiger partial charge in [0.1, 0.15) is 11.6 Å². The summed E-state index contributed by atoms with van der Waals surface area (Å²) in [5.74, 6) is 2.12. The van der Waals surface area contributed by atoms with Crippen molar-refractivity contribution in [3.63, 3.8) is 0 Å². The molecule has 6 aromatic rings. The summed E-state index contributed by atoms with van der Waals surface area (Å²) in [4.78, 5) is 38.9. The minimum atomic E-state index is -4.23. The van der Waals surface area contributed by atoms with Crippen LogP contribution in [0.15, 0.2) is 94.7 Å². The van der Waals surface area contributed by atoms with E-state index in [-0.39, 0.29) is 58.2 Å². The van der Waals surface area contributed by atoms with Crippen LogP contribution in [0.2, 0.25) is 0 Å². The minimum absolute atomic E-state index is 0.0241. The lowest BCUT2D eigenvalue weighted by Crippen LogP contribution is -2.40. The third-order valence-corrected chi connectivity index (χ3v) is 18.2. The molecular formula is C54H62F6N8O6S2. The first-order valence-electron chi connectivity index (χ1n) is 25.9. The number of halogens is 6. The van der Waals surface area contributed by atoms with Crippen LogP contribution < -0.4 is 10.6 Å². The lowest BCUT2D eigenvalue weighted by Gasteiger charge is -2.26. The first-order chi connectivity index (χ1) is 36.1. The standard InChI is InChI=1S/2C27H31F3N4O3S/c1-2-38(36,37)22-8-3-18(4-9-22)14-31-26(35)21-7-10-24-23(13-21)32-25(20-5-6-20)34(24)16-19-11-12-33(15-19)17-27(28,29)30;1-2-38(36,37)22-10-5-18(6-11-22)15-31-26(35)20-9-12-24-23(14-20)32-25(19-7-8-19)34(24)16-21-4-3-13-33(21)17-27(28,29)30/h3-4,7-10,13,19-20H,2,5-6,11-12,14-17H2,1H3,(H,31,35);5-6,9-12,14,19,21H,2-4,7-8,13,15-17H2,1H3,(H,31,35)/t19-;21-/m01/s1. The number of benzene rings is 4. The highest BCUT2D eigenvalue weighted by atomic mass is 32.2. The van der Waals surface area contributed by atoms with Gasteiger partial charge in [0, 0.05) is 61.7 Å². The first-order valence-corrected chi connectivity index (χ1v) is 29.2. The van der Waals surface area contributed by atoms with Crippen molar-refractivity contribution < 1.29 is 52.8 Å². The number of nitrogens with one attached hydrogen (secondary N) is 2. The Morgan fingerprint density at radius 3 is 1.49 bits per heavy atom. The zero-order valence-electron chi connectivity index (χ0n) is 42.3. The second-order valence-corrected chi connectivity index (χ2v) is 25.0. The number of nitrogens with zero attached hydrogens (tertiary/aromatic N) is 6. The maximum Gasteiger partial charge on any atom is 0.401 e. The molecule has 0 unspecified atom stereocenters. The Labute approximate surface area is 438 Å². The Balaban J connectivity index is 0.000000186. The summed E-state index contributed by atoms with van der Waals surface area (Å²) in [6, 6.07) is 23.4. The van der Waals surface area contributed by atoms with Gasteiger partial charge in [-0.15, -0.1) is 0 Å². The Morgan fingerprint density at radius 1 is 0.592 bits per heavy atom. The maximum absolute atomic E-state index is 13.1. The Bertz CT molecular complexity index is 3300. The molecule has 4 aromatic carbocycles. The van der Waals surface area contributed by atoms with Crippen molar-refractivity contribution >= 4 is 53.6 Å². The van der Waals surface area contributed by atoms with Gasteiger partial charge in [0.25, 0.3) is 11.8 Å². The van der Waals surface area contributed by atoms with Crippen LogP contribution in [0.4, 0.5) is 26.3 Å². The number of sulfone groups is 2. The summed E-state index contributed by atoms with van der Waals surface area (Å²) >= 11 is 0. The number of carbonyl (C=O) groups is 2. The predicted octanol–water partition coefficient (Wildman–Crippen LogP) is 9.19. The second-order valence-electron chi connectivity index (χ2n) is 20.5. The normalized spacial score (nSPS) is 18.8. The van der Waals surface area contributed by atoms with Crippen molar-refractivity contribution in [3.8, 4) is 0 Å². The van der Waals surface area contributed by atoms with Gasteiger partial charge in [0.2, 0.25) is 0 Å². The maximum atomic E-state index is 13.1. The number of hydrogen-bond acceptors (Lipinski definition) is 10. The van der Waals surface area contributed by atoms with Crippen LogP contribution in [-0.2, 0) is 45.9 Å². The van der Waals surface area contributed by atoms with Crippen LogP contribution in [0, 0.1) is 5.92 Å². The topological polar surface area (TPSA) is 169 Å². The smallest absolute Gasteiger partial charge is 0.348 e. The Morgan fingerprint density at radius 2 is 1.05 bits per heavy atom. The number of imidazole rings is 2. The molecule has 2 N–H and O–H groups in total. The van der Waals surface area contributed by atoms with E-state index in [0.717, 1.165) is 65.9 Å². The van der Waals surface area contributed by atoms with E-state index in [9.17, 15) is 52.8 Å². The fourth-order valence-electron chi connectivity index (χ4n) is 10.3. The number of fused-ring (bicyclic) bond motifs is 2. The second kappa shape index (κ2) is 22.3. The molecule has 4 heterocycles. The number of alkyl halides is 6. The van der Waals surface area contributed by atoms with Crippen LogP contribution in [0.3, 0.4) is 0 Å². The molecule has 4 fully saturated rings. The highest BCUT2D eigenvalue weighted by Gasteiger charge is 2.39. The average molecular weight is 1100 g/mol. The third kappa shape index (κ3) is 13.5. The van der Waals surface area contributed by atoms with Gasteiger partial charge < -0.3 is 19.8 Å². The van der Waals surface area contributed by atoms with Crippen molar-refractivity contribution in [2.75, 3.05) is 44.2 Å². The van der Waals surface area contributed by atoms with Crippen LogP contribution in [0.1, 0.15) is 114 Å². The predicted molar refractivity (Wildman–Crippen MR) is 275 cm³/mol. The molecule has 4 aliphatic rings. The lowest BCUT2D eigenvalue weighted by molar-refractivity contribution is -0.148. The molecule has 0 bridgehead atoms. The van der Waals surface area contributed by atoms with Gasteiger partial charge in [-0.05, 0) is 136 Å². The molecule has 0 radical (unpaired) electrons. The summed E-state index contributed by atoms with van der Waals surface area (Å²) in [6.07, 6.45) is -2.15. The van der Waals surface area contributed by atoms with Crippen LogP contribution in [0.25, 0.3) is 22.1 Å². The quantitative estimate of drug-likeness (QED) is 0.0792. The minimum Gasteiger partial charge on any atom is -0.348 e. The van der Waals surface area contributed by atoms with Gasteiger partial charge in [0.15, 0.2) is 19.7 Å². The Kier molecular flexibility index (Phi) is 16.1. The molecule has 2 aromatic heterocycles. The molecular weight excluding hydrogens is 1030 g/mol. The molecule has 22 heteroatoms. The van der Waals surface area contributed by atoms with Gasteiger partial charge in [-0.1, -0.05) is 38.1 Å². The van der Waals surface area contributed by atoms with Gasteiger partial charge in [-0.2, -0.15) is 26.3 Å². The molecule has 10 rings (SSSR count). The number of rotatable bonds is 18. The zero-order valence-corrected chi connectivity index (χ0v) is 44.0. The highest BCUT2D eigenvalue weighted by molar-refractivity contribution is 7.91. The number of likely N-dealkylation sites (tertiary alicyclic amines) is 2. The van der Waals surface area contributed by atoms with E-state index in [2.05, 4.69) is 19.8 Å². The molecule has 2 atom stereocenters. The fourth-order valence-corrected chi connectivity index (χ4v) is 12.0. The van der Waals surface area contributed by atoms with E-state index >= 15 is 0 Å². The van der Waals surface area contributed by atoms with E-state index in [0.29, 0.717) is 79.6 Å². The zero-order chi connectivity index (χ0) is 54.2. The van der Waals surface area contributed by atoms with E-state index in [1.807, 2.05) is 12.1 Å². The first kappa shape index (κ1) is 54.9. The van der Waals surface area contributed by atoms with Gasteiger partial charge in [0.05, 0.1) is 56.5 Å². The van der Waals surface area contributed by atoms with E-state index in [1.165, 1.54) is 9.80 Å². The summed E-state index contributed by atoms with van der Waals surface area (Å²) in [6.45, 7) is 4.27. The SMILES string of the molecule is CCS(=O)(=O)c1ccc(CNC(=O)c2ccc3c(c2)nc(C2CC2)n3C[C@H]2CCCN2CC(F)(F)F)cc1.CCS(=O)(=O)c1ccc(CNC(=O)c2ccc3c(c2)nc(C2CC2)n3C[C@H]2CCN(CC(F)(F)F)C2)cc1. The number of hydrogen-bond donors (Lipinski definition) is 2. The highest BCUT2D eigenvalue weighted by Crippen LogP contribution is 2.43. The molecule has 2 saturated carbocycles. The van der Waals surface area contributed by atoms with Crippen molar-refractivity contribution in [2.45, 2.75) is 125 Å². The van der Waals surface area contributed by atoms with Crippen molar-refractivity contribution in [1.82, 2.24) is 39.5 Å². The lowest BCUT2D eigenvalue weighted by atomic mass is 10.1. The summed E-state index contributed by atoms with van der Waals surface area (Å²) < 4.78 is 130. The van der Waals surface area contributed by atoms with Crippen LogP contribution in [-0.4, -0.2) is 120 Å². The largest absolute Gasteiger partial charge is 0.401 e. The van der Waals surface area contributed by atoms with E-state index in [1.54, 1.807) is 86.6 Å². The molecule has 2 aliphatic carbocycles. The van der Waals surface area contributed by atoms with Crippen molar-refractivity contribution in [3.05, 3.63) is 119 Å². The molecule has 2 aliphatic heterocycles. The third-order valence-electron chi connectivity index (χ3n) is 14.7. The number of aromatic nitrogens is 4. The van der Waals surface area contributed by atoms with Crippen LogP contribution in [0.5, 0.6) is 0 Å². The van der Waals surface area contributed by atoms with Gasteiger partial charge >= 0.3 is 12.4 Å². The molecule has 2 amide bonds. The monoisotopic (exact) mass is 1100 g/mol. The summed E-state index contributed by atoms with van der Waals surface area (Å²) in [5, 5.41) is 5.73. The summed E-state index contributed by atoms with van der Waals surface area (Å²) in [7, 11) is -6.56. The van der Waals surface area contributed by atoms with Crippen LogP contribution >= 0.6 is 0 Å². The summed E-state index contributed by atoms with van der Waals surface area (Å²) in [5.41, 5.74) is 5.55. The van der Waals surface area contributed by atoms with Gasteiger partial charge in [-0.25, -0.2) is 26.8 Å². The van der Waals surface area contributed by atoms with E-state index in [4.69, 9.17) is 9.97 Å². The Hall–Kier alpha value is -5.84. The fraction of sp³-hybridized carbons (Fsp3) is 0.481. The number of amides is 2. The molecule has 14 nitrogen and oxygen atoms in total. The molecule has 408 valence electrons. The molecule has 2 saturated heterocycles. The van der Waals surface area contributed by atoms with Crippen molar-refractivity contribution in [1.29, 1.82) is 0 Å². The van der Waals surface area contributed by atoms with Gasteiger partial charge in [-0.3, -0.25) is 19.4 Å². The molecule has 76 heavy (non-hydrogen) atoms. The number of carbonyl (C=O) groups excluding carboxylic acids is 2. The van der Waals surface area contributed by atoms with E-state index < -0.39 is 45.1 Å². The van der Waals surface area contributed by atoms with Crippen molar-refractivity contribution in [2.24, 2.45) is 5.92 Å².